The highest BCUT2D eigenvalue weighted by atomic mass is 16.7. The average Bonchev–Trinajstić information content (AvgIpc) is 2.43. The maximum Gasteiger partial charge on any atom is 0.153 e. The molecule has 0 saturated carbocycles. The van der Waals surface area contributed by atoms with Crippen molar-refractivity contribution in [2.45, 2.75) is 39.7 Å². The molecule has 0 amide bonds. The number of rotatable bonds is 9. The van der Waals surface area contributed by atoms with E-state index in [0.29, 0.717) is 0 Å². The number of nitrogens with one attached hydrogen (secondary N) is 1. The number of aryl methyl sites for hydroxylation is 1. The molecule has 1 atom stereocenters. The van der Waals surface area contributed by atoms with Crippen molar-refractivity contribution in [1.82, 2.24) is 5.48 Å². The molecule has 0 heterocycles. The van der Waals surface area contributed by atoms with E-state index in [2.05, 4.69) is 64.6 Å². The fourth-order valence-electron chi connectivity index (χ4n) is 1.98. The second-order valence-electron chi connectivity index (χ2n) is 6.20. The van der Waals surface area contributed by atoms with Gasteiger partial charge in [-0.3, -0.25) is 4.84 Å². The summed E-state index contributed by atoms with van der Waals surface area (Å²) in [5.41, 5.74) is 5.67. The second-order valence-corrected chi connectivity index (χ2v) is 6.20. The summed E-state index contributed by atoms with van der Waals surface area (Å²) in [6.45, 7) is 9.51. The number of hydrogen-bond donors (Lipinski definition) is 1. The SMILES string of the molecule is CCCCNOC(C[N+](C)(C)CC)c1ccc(C)cc1. The van der Waals surface area contributed by atoms with Crippen LogP contribution in [0.3, 0.4) is 0 Å². The molecule has 0 bridgehead atoms. The summed E-state index contributed by atoms with van der Waals surface area (Å²) < 4.78 is 0.952. The lowest BCUT2D eigenvalue weighted by molar-refractivity contribution is -0.892. The lowest BCUT2D eigenvalue weighted by Gasteiger charge is -2.32. The standard InChI is InChI=1S/C17H31N2O/c1-6-8-13-18-20-17(14-19(4,5)7-2)16-11-9-15(3)10-12-16/h9-12,17-18H,6-8,13-14H2,1-5H3/q+1. The smallest absolute Gasteiger partial charge is 0.153 e. The first-order chi connectivity index (χ1) is 9.48. The predicted octanol–water partition coefficient (Wildman–Crippen LogP) is 3.45. The highest BCUT2D eigenvalue weighted by Gasteiger charge is 2.23. The molecule has 1 aromatic rings. The van der Waals surface area contributed by atoms with E-state index in [9.17, 15) is 0 Å². The number of quaternary nitrogens is 1. The minimum absolute atomic E-state index is 0.0995. The van der Waals surface area contributed by atoms with Gasteiger partial charge in [0.25, 0.3) is 0 Å². The van der Waals surface area contributed by atoms with Crippen molar-refractivity contribution in [3.63, 3.8) is 0 Å². The van der Waals surface area contributed by atoms with Gasteiger partial charge in [0.2, 0.25) is 0 Å². The van der Waals surface area contributed by atoms with Crippen LogP contribution in [0.1, 0.15) is 43.9 Å². The van der Waals surface area contributed by atoms with E-state index in [1.165, 1.54) is 17.5 Å². The lowest BCUT2D eigenvalue weighted by Crippen LogP contribution is -2.44. The molecule has 0 spiro atoms. The van der Waals surface area contributed by atoms with Crippen LogP contribution in [0.2, 0.25) is 0 Å². The summed E-state index contributed by atoms with van der Waals surface area (Å²) >= 11 is 0. The maximum absolute atomic E-state index is 5.94. The number of nitrogens with zero attached hydrogens (tertiary/aromatic N) is 1. The van der Waals surface area contributed by atoms with Gasteiger partial charge in [-0.05, 0) is 25.8 Å². The van der Waals surface area contributed by atoms with E-state index in [1.807, 2.05) is 0 Å². The average molecular weight is 279 g/mol. The monoisotopic (exact) mass is 279 g/mol. The minimum atomic E-state index is 0.0995. The van der Waals surface area contributed by atoms with Crippen molar-refractivity contribution in [3.05, 3.63) is 35.4 Å². The zero-order valence-electron chi connectivity index (χ0n) is 13.8. The molecule has 0 aliphatic rings. The first kappa shape index (κ1) is 17.2. The van der Waals surface area contributed by atoms with Crippen LogP contribution >= 0.6 is 0 Å². The Balaban J connectivity index is 2.70. The highest BCUT2D eigenvalue weighted by Crippen LogP contribution is 2.20. The molecule has 1 rings (SSSR count). The Hall–Kier alpha value is -0.900. The van der Waals surface area contributed by atoms with Crippen molar-refractivity contribution in [2.75, 3.05) is 33.7 Å². The Morgan fingerprint density at radius 3 is 2.35 bits per heavy atom. The summed E-state index contributed by atoms with van der Waals surface area (Å²) in [6.07, 6.45) is 2.43. The van der Waals surface area contributed by atoms with E-state index < -0.39 is 0 Å². The Bertz CT molecular complexity index is 373. The predicted molar refractivity (Wildman–Crippen MR) is 85.4 cm³/mol. The molecule has 1 aromatic carbocycles. The maximum atomic E-state index is 5.94. The van der Waals surface area contributed by atoms with Gasteiger partial charge in [-0.25, -0.2) is 5.48 Å². The van der Waals surface area contributed by atoms with Gasteiger partial charge >= 0.3 is 0 Å². The molecule has 0 radical (unpaired) electrons. The van der Waals surface area contributed by atoms with E-state index in [4.69, 9.17) is 4.84 Å². The third kappa shape index (κ3) is 6.04. The van der Waals surface area contributed by atoms with Gasteiger partial charge < -0.3 is 4.48 Å². The third-order valence-electron chi connectivity index (χ3n) is 3.82. The largest absolute Gasteiger partial charge is 0.326 e. The van der Waals surface area contributed by atoms with Crippen molar-refractivity contribution < 1.29 is 9.32 Å². The van der Waals surface area contributed by atoms with Crippen LogP contribution in [0.4, 0.5) is 0 Å². The Kier molecular flexibility index (Phi) is 7.20. The first-order valence-corrected chi connectivity index (χ1v) is 7.75. The van der Waals surface area contributed by atoms with E-state index in [0.717, 1.165) is 30.5 Å². The molecule has 0 aliphatic heterocycles. The zero-order chi connectivity index (χ0) is 15.0. The summed E-state index contributed by atoms with van der Waals surface area (Å²) in [4.78, 5) is 5.94. The minimum Gasteiger partial charge on any atom is -0.326 e. The lowest BCUT2D eigenvalue weighted by atomic mass is 10.1. The molecule has 0 saturated heterocycles. The van der Waals surface area contributed by atoms with Crippen molar-refractivity contribution in [3.8, 4) is 0 Å². The molecule has 0 aromatic heterocycles. The number of benzene rings is 1. The van der Waals surface area contributed by atoms with Gasteiger partial charge in [0.1, 0.15) is 6.54 Å². The van der Waals surface area contributed by atoms with Gasteiger partial charge in [-0.1, -0.05) is 43.2 Å². The molecular formula is C17H31N2O+. The molecule has 1 N–H and O–H groups in total. The first-order valence-electron chi connectivity index (χ1n) is 7.75. The normalized spacial score (nSPS) is 13.4. The zero-order valence-corrected chi connectivity index (χ0v) is 13.8. The van der Waals surface area contributed by atoms with Crippen LogP contribution in [-0.4, -0.2) is 38.2 Å². The number of likely N-dealkylation sites (N-methyl/N-ethyl adjacent to an activating group) is 1. The van der Waals surface area contributed by atoms with Crippen LogP contribution in [0, 0.1) is 6.92 Å². The van der Waals surface area contributed by atoms with Gasteiger partial charge in [0, 0.05) is 6.54 Å². The molecule has 20 heavy (non-hydrogen) atoms. The Morgan fingerprint density at radius 2 is 1.80 bits per heavy atom. The summed E-state index contributed by atoms with van der Waals surface area (Å²) in [5, 5.41) is 0. The Morgan fingerprint density at radius 1 is 1.15 bits per heavy atom. The molecule has 1 unspecified atom stereocenters. The second kappa shape index (κ2) is 8.40. The van der Waals surface area contributed by atoms with Crippen LogP contribution in [0.5, 0.6) is 0 Å². The highest BCUT2D eigenvalue weighted by molar-refractivity contribution is 5.23. The van der Waals surface area contributed by atoms with Crippen LogP contribution in [0.25, 0.3) is 0 Å². The summed E-state index contributed by atoms with van der Waals surface area (Å²) in [7, 11) is 4.49. The fraction of sp³-hybridized carbons (Fsp3) is 0.647. The molecule has 0 fully saturated rings. The number of hydrogen-bond acceptors (Lipinski definition) is 2. The van der Waals surface area contributed by atoms with Crippen LogP contribution in [-0.2, 0) is 4.84 Å². The van der Waals surface area contributed by atoms with Gasteiger partial charge in [-0.15, -0.1) is 0 Å². The van der Waals surface area contributed by atoms with E-state index >= 15 is 0 Å². The van der Waals surface area contributed by atoms with Crippen molar-refractivity contribution in [2.24, 2.45) is 0 Å². The van der Waals surface area contributed by atoms with Crippen molar-refractivity contribution in [1.29, 1.82) is 0 Å². The third-order valence-corrected chi connectivity index (χ3v) is 3.82. The van der Waals surface area contributed by atoms with Crippen molar-refractivity contribution >= 4 is 0 Å². The van der Waals surface area contributed by atoms with Gasteiger partial charge in [0.05, 0.1) is 20.6 Å². The number of unbranched alkanes of at least 4 members (excludes halogenated alkanes) is 1. The van der Waals surface area contributed by atoms with E-state index in [-0.39, 0.29) is 6.10 Å². The quantitative estimate of drug-likeness (QED) is 0.425. The van der Waals surface area contributed by atoms with Gasteiger partial charge in [0.15, 0.2) is 6.10 Å². The topological polar surface area (TPSA) is 21.3 Å². The Labute approximate surface area is 124 Å². The van der Waals surface area contributed by atoms with Crippen LogP contribution in [0.15, 0.2) is 24.3 Å². The fourth-order valence-corrected chi connectivity index (χ4v) is 1.98. The molecule has 0 aliphatic carbocycles. The molecular weight excluding hydrogens is 248 g/mol. The summed E-state index contributed by atoms with van der Waals surface area (Å²) in [5.74, 6) is 0. The number of hydroxylamine groups is 1. The molecule has 3 heteroatoms. The summed E-state index contributed by atoms with van der Waals surface area (Å²) in [6, 6.07) is 8.67. The van der Waals surface area contributed by atoms with E-state index in [1.54, 1.807) is 0 Å². The van der Waals surface area contributed by atoms with Gasteiger partial charge in [-0.2, -0.15) is 0 Å². The molecule has 114 valence electrons. The van der Waals surface area contributed by atoms with Crippen LogP contribution < -0.4 is 5.48 Å². The molecule has 3 nitrogen and oxygen atoms in total.